The summed E-state index contributed by atoms with van der Waals surface area (Å²) < 4.78 is 10.5. The number of nitrogens with two attached hydrogens (primary N) is 1. The number of ether oxygens (including phenoxy) is 2. The fourth-order valence-corrected chi connectivity index (χ4v) is 1.66. The molecule has 0 spiro atoms. The van der Waals surface area contributed by atoms with Crippen LogP contribution in [-0.2, 0) is 14.3 Å². The fraction of sp³-hybridized carbons (Fsp3) is 0.800. The molecule has 0 saturated carbocycles. The number of hydrogen-bond acceptors (Lipinski definition) is 6. The third kappa shape index (κ3) is 11.7. The minimum Gasteiger partial charge on any atom is -0.458 e. The topological polar surface area (TPSA) is 103 Å². The maximum atomic E-state index is 12.2. The van der Waals surface area contributed by atoms with E-state index in [2.05, 4.69) is 10.3 Å². The minimum absolute atomic E-state index is 0.273. The van der Waals surface area contributed by atoms with Gasteiger partial charge in [0.1, 0.15) is 17.2 Å². The quantitative estimate of drug-likeness (QED) is 0.449. The molecule has 3 N–H and O–H groups in total. The van der Waals surface area contributed by atoms with E-state index in [0.29, 0.717) is 11.7 Å². The van der Waals surface area contributed by atoms with Gasteiger partial charge in [0.05, 0.1) is 0 Å². The van der Waals surface area contributed by atoms with Crippen molar-refractivity contribution in [2.24, 2.45) is 10.7 Å². The largest absolute Gasteiger partial charge is 0.458 e. The van der Waals surface area contributed by atoms with Crippen LogP contribution in [0.15, 0.2) is 4.99 Å². The van der Waals surface area contributed by atoms with Gasteiger partial charge in [-0.1, -0.05) is 11.8 Å². The molecule has 0 aromatic heterocycles. The smallest absolute Gasteiger partial charge is 0.408 e. The Bertz CT molecular complexity index is 439. The Morgan fingerprint density at radius 1 is 1.13 bits per heavy atom. The van der Waals surface area contributed by atoms with Gasteiger partial charge in [0, 0.05) is 6.54 Å². The first-order valence-corrected chi connectivity index (χ1v) is 8.63. The molecule has 23 heavy (non-hydrogen) atoms. The summed E-state index contributed by atoms with van der Waals surface area (Å²) >= 11 is 1.32. The maximum Gasteiger partial charge on any atom is 0.408 e. The number of aliphatic imine (C=N–C) groups is 1. The second-order valence-corrected chi connectivity index (χ2v) is 7.77. The molecule has 0 heterocycles. The first kappa shape index (κ1) is 21.6. The van der Waals surface area contributed by atoms with Crippen molar-refractivity contribution in [2.75, 3.05) is 12.8 Å². The van der Waals surface area contributed by atoms with Gasteiger partial charge in [-0.15, -0.1) is 0 Å². The van der Waals surface area contributed by atoms with Crippen molar-refractivity contribution in [3.8, 4) is 0 Å². The molecule has 1 atom stereocenters. The number of carbonyl (C=O) groups is 2. The number of amides is 1. The fourth-order valence-electron chi connectivity index (χ4n) is 1.44. The Labute approximate surface area is 142 Å². The molecule has 0 bridgehead atoms. The van der Waals surface area contributed by atoms with Gasteiger partial charge in [0.25, 0.3) is 0 Å². The predicted molar refractivity (Wildman–Crippen MR) is 93.6 cm³/mol. The van der Waals surface area contributed by atoms with Crippen LogP contribution < -0.4 is 11.1 Å². The molecule has 0 aromatic rings. The van der Waals surface area contributed by atoms with Crippen LogP contribution in [0.4, 0.5) is 4.79 Å². The summed E-state index contributed by atoms with van der Waals surface area (Å²) in [5.41, 5.74) is 4.31. The monoisotopic (exact) mass is 347 g/mol. The molecule has 7 nitrogen and oxygen atoms in total. The zero-order valence-electron chi connectivity index (χ0n) is 15.1. The summed E-state index contributed by atoms with van der Waals surface area (Å²) in [6, 6.07) is -0.845. The highest BCUT2D eigenvalue weighted by molar-refractivity contribution is 8.13. The number of rotatable bonds is 5. The third-order valence-electron chi connectivity index (χ3n) is 2.28. The molecule has 0 saturated heterocycles. The highest BCUT2D eigenvalue weighted by Crippen LogP contribution is 2.12. The van der Waals surface area contributed by atoms with Gasteiger partial charge in [-0.2, -0.15) is 0 Å². The van der Waals surface area contributed by atoms with Gasteiger partial charge in [-0.25, -0.2) is 9.59 Å². The molecular formula is C15H29N3O4S. The number of alkyl carbamates (subject to hydrolysis) is 1. The van der Waals surface area contributed by atoms with Crippen molar-refractivity contribution in [1.29, 1.82) is 0 Å². The summed E-state index contributed by atoms with van der Waals surface area (Å²) in [6.45, 7) is 10.8. The second-order valence-electron chi connectivity index (χ2n) is 6.95. The van der Waals surface area contributed by atoms with Crippen LogP contribution in [0.3, 0.4) is 0 Å². The van der Waals surface area contributed by atoms with E-state index >= 15 is 0 Å². The lowest BCUT2D eigenvalue weighted by Crippen LogP contribution is -2.46. The number of amidine groups is 1. The minimum atomic E-state index is -0.845. The van der Waals surface area contributed by atoms with Crippen molar-refractivity contribution >= 4 is 29.0 Å². The molecule has 0 aliphatic carbocycles. The van der Waals surface area contributed by atoms with Gasteiger partial charge in [0.15, 0.2) is 5.17 Å². The average Bonchev–Trinajstić information content (AvgIpc) is 2.32. The lowest BCUT2D eigenvalue weighted by atomic mass is 10.1. The lowest BCUT2D eigenvalue weighted by molar-refractivity contribution is -0.157. The third-order valence-corrected chi connectivity index (χ3v) is 2.82. The van der Waals surface area contributed by atoms with Crippen LogP contribution in [0.1, 0.15) is 48.0 Å². The van der Waals surface area contributed by atoms with Crippen molar-refractivity contribution in [1.82, 2.24) is 5.32 Å². The summed E-state index contributed by atoms with van der Waals surface area (Å²) in [6.07, 6.45) is 1.41. The summed E-state index contributed by atoms with van der Waals surface area (Å²) in [5, 5.41) is 2.96. The van der Waals surface area contributed by atoms with Crippen LogP contribution in [0.25, 0.3) is 0 Å². The Balaban J connectivity index is 4.85. The van der Waals surface area contributed by atoms with Crippen LogP contribution in [0.2, 0.25) is 0 Å². The van der Waals surface area contributed by atoms with E-state index in [4.69, 9.17) is 15.2 Å². The summed E-state index contributed by atoms with van der Waals surface area (Å²) in [5.74, 6) is -0.527. The van der Waals surface area contributed by atoms with Gasteiger partial charge in [-0.3, -0.25) is 4.99 Å². The predicted octanol–water partition coefficient (Wildman–Crippen LogP) is 2.29. The van der Waals surface area contributed by atoms with Crippen molar-refractivity contribution in [3.05, 3.63) is 0 Å². The Kier molecular flexibility index (Phi) is 8.44. The number of nitrogens with zero attached hydrogens (tertiary/aromatic N) is 1. The first-order valence-electron chi connectivity index (χ1n) is 7.40. The molecule has 0 fully saturated rings. The van der Waals surface area contributed by atoms with Crippen molar-refractivity contribution < 1.29 is 19.1 Å². The zero-order valence-corrected chi connectivity index (χ0v) is 15.9. The number of esters is 1. The van der Waals surface area contributed by atoms with E-state index in [1.807, 2.05) is 6.26 Å². The van der Waals surface area contributed by atoms with E-state index in [-0.39, 0.29) is 6.42 Å². The molecule has 1 unspecified atom stereocenters. The van der Waals surface area contributed by atoms with Crippen molar-refractivity contribution in [2.45, 2.75) is 65.2 Å². The number of carbonyl (C=O) groups excluding carboxylic acids is 2. The van der Waals surface area contributed by atoms with E-state index in [0.717, 1.165) is 0 Å². The molecular weight excluding hydrogens is 318 g/mol. The van der Waals surface area contributed by atoms with E-state index in [1.165, 1.54) is 11.8 Å². The second kappa shape index (κ2) is 9.00. The van der Waals surface area contributed by atoms with Gasteiger partial charge in [-0.05, 0) is 54.2 Å². The van der Waals surface area contributed by atoms with Crippen LogP contribution >= 0.6 is 11.8 Å². The van der Waals surface area contributed by atoms with Crippen LogP contribution in [-0.4, -0.2) is 47.3 Å². The number of thioether (sulfide) groups is 1. The van der Waals surface area contributed by atoms with E-state index in [1.54, 1.807) is 41.5 Å². The molecule has 0 aliphatic rings. The van der Waals surface area contributed by atoms with Gasteiger partial charge in [0.2, 0.25) is 0 Å². The first-order chi connectivity index (χ1) is 10.3. The van der Waals surface area contributed by atoms with E-state index in [9.17, 15) is 9.59 Å². The molecule has 8 heteroatoms. The zero-order chi connectivity index (χ0) is 18.3. The summed E-state index contributed by atoms with van der Waals surface area (Å²) in [4.78, 5) is 28.2. The SMILES string of the molecule is CSC(N)=NCCC(NC(=O)OC(C)(C)C)C(=O)OC(C)(C)C. The number of hydrogen-bond donors (Lipinski definition) is 2. The highest BCUT2D eigenvalue weighted by atomic mass is 32.2. The Morgan fingerprint density at radius 3 is 2.09 bits per heavy atom. The van der Waals surface area contributed by atoms with E-state index < -0.39 is 29.3 Å². The maximum absolute atomic E-state index is 12.2. The molecule has 0 aromatic carbocycles. The molecule has 0 radical (unpaired) electrons. The standard InChI is InChI=1S/C15H29N3O4S/c1-14(2,3)21-11(19)10(8-9-17-12(16)23-7)18-13(20)22-15(4,5)6/h10H,8-9H2,1-7H3,(H2,16,17)(H,18,20). The Morgan fingerprint density at radius 2 is 1.65 bits per heavy atom. The highest BCUT2D eigenvalue weighted by Gasteiger charge is 2.28. The normalized spacial score (nSPS) is 14.1. The molecule has 134 valence electrons. The average molecular weight is 347 g/mol. The van der Waals surface area contributed by atoms with Crippen LogP contribution in [0.5, 0.6) is 0 Å². The summed E-state index contributed by atoms with van der Waals surface area (Å²) in [7, 11) is 0. The molecule has 0 rings (SSSR count). The van der Waals surface area contributed by atoms with Crippen molar-refractivity contribution in [3.63, 3.8) is 0 Å². The van der Waals surface area contributed by atoms with Gasteiger partial charge < -0.3 is 20.5 Å². The Hall–Kier alpha value is -1.44. The molecule has 0 aliphatic heterocycles. The number of nitrogens with one attached hydrogen (secondary N) is 1. The van der Waals surface area contributed by atoms with Gasteiger partial charge >= 0.3 is 12.1 Å². The molecule has 1 amide bonds. The van der Waals surface area contributed by atoms with Crippen LogP contribution in [0, 0.1) is 0 Å². The lowest BCUT2D eigenvalue weighted by Gasteiger charge is -2.26.